The van der Waals surface area contributed by atoms with Crippen LogP contribution in [0.3, 0.4) is 0 Å². The Labute approximate surface area is 170 Å². The summed E-state index contributed by atoms with van der Waals surface area (Å²) in [5.41, 5.74) is 6.74. The van der Waals surface area contributed by atoms with Gasteiger partial charge in [0.25, 0.3) is 0 Å². The summed E-state index contributed by atoms with van der Waals surface area (Å²) >= 11 is 0. The Kier molecular flexibility index (Phi) is 6.74. The van der Waals surface area contributed by atoms with Crippen molar-refractivity contribution < 1.29 is 0 Å². The second-order valence-corrected chi connectivity index (χ2v) is 8.49. The number of rotatable bonds is 8. The molecule has 1 aromatic heterocycles. The van der Waals surface area contributed by atoms with Crippen molar-refractivity contribution in [2.75, 3.05) is 0 Å². The van der Waals surface area contributed by atoms with E-state index in [0.29, 0.717) is 12.0 Å². The highest BCUT2D eigenvalue weighted by Gasteiger charge is 2.19. The average molecular weight is 375 g/mol. The summed E-state index contributed by atoms with van der Waals surface area (Å²) in [5.74, 6) is 0.617. The molecule has 2 nitrogen and oxygen atoms in total. The minimum absolute atomic E-state index is 0.518. The highest BCUT2D eigenvalue weighted by atomic mass is 15.2. The third kappa shape index (κ3) is 5.36. The minimum atomic E-state index is 0.518. The first-order valence-corrected chi connectivity index (χ1v) is 10.4. The average Bonchev–Trinajstić information content (AvgIpc) is 3.11. The van der Waals surface area contributed by atoms with Gasteiger partial charge in [-0.05, 0) is 49.9 Å². The van der Waals surface area contributed by atoms with Crippen LogP contribution in [0.25, 0.3) is 0 Å². The highest BCUT2D eigenvalue weighted by Crippen LogP contribution is 2.19. The van der Waals surface area contributed by atoms with Gasteiger partial charge in [-0.25, -0.2) is 0 Å². The molecular weight excluding hydrogens is 340 g/mol. The molecule has 0 aliphatic carbocycles. The fraction of sp³-hybridized carbons (Fsp3) is 0.385. The Hall–Kier alpha value is -2.32. The summed E-state index contributed by atoms with van der Waals surface area (Å²) in [6.07, 6.45) is 2.21. The first-order valence-electron chi connectivity index (χ1n) is 10.4. The molecule has 0 aliphatic rings. The predicted octanol–water partition coefficient (Wildman–Crippen LogP) is 6.20. The molecule has 0 saturated heterocycles. The highest BCUT2D eigenvalue weighted by molar-refractivity contribution is 5.23. The standard InChI is InChI=1S/C26H34N2/c1-20(2)23(5)28(18-25-14-10-22(4)11-15-25)19-26-7-6-16-27(26)17-24-12-8-21(3)9-13-24/h6-16,20,23H,17-19H2,1-5H3/t23-/m1/s1. The van der Waals surface area contributed by atoms with E-state index in [1.54, 1.807) is 0 Å². The van der Waals surface area contributed by atoms with Crippen LogP contribution in [0.15, 0.2) is 66.9 Å². The molecule has 0 amide bonds. The summed E-state index contributed by atoms with van der Waals surface area (Å²) in [6, 6.07) is 22.8. The SMILES string of the molecule is Cc1ccc(CN(Cc2cccn2Cc2ccc(C)cc2)[C@H](C)C(C)C)cc1. The molecule has 0 saturated carbocycles. The number of aromatic nitrogens is 1. The maximum absolute atomic E-state index is 2.61. The summed E-state index contributed by atoms with van der Waals surface area (Å²) in [6.45, 7) is 14.2. The zero-order chi connectivity index (χ0) is 20.1. The fourth-order valence-corrected chi connectivity index (χ4v) is 3.54. The third-order valence-electron chi connectivity index (χ3n) is 5.81. The molecule has 2 heteroatoms. The molecule has 1 atom stereocenters. The lowest BCUT2D eigenvalue weighted by Crippen LogP contribution is -2.36. The molecule has 2 aromatic carbocycles. The van der Waals surface area contributed by atoms with E-state index in [0.717, 1.165) is 19.6 Å². The normalized spacial score (nSPS) is 12.7. The van der Waals surface area contributed by atoms with Crippen molar-refractivity contribution in [2.24, 2.45) is 5.92 Å². The molecular formula is C26H34N2. The van der Waals surface area contributed by atoms with E-state index < -0.39 is 0 Å². The molecule has 0 fully saturated rings. The van der Waals surface area contributed by atoms with Crippen molar-refractivity contribution in [3.8, 4) is 0 Å². The van der Waals surface area contributed by atoms with E-state index in [4.69, 9.17) is 0 Å². The summed E-state index contributed by atoms with van der Waals surface area (Å²) in [7, 11) is 0. The van der Waals surface area contributed by atoms with Crippen LogP contribution < -0.4 is 0 Å². The van der Waals surface area contributed by atoms with Crippen LogP contribution in [0.5, 0.6) is 0 Å². The number of aryl methyl sites for hydroxylation is 2. The second kappa shape index (κ2) is 9.25. The van der Waals surface area contributed by atoms with Crippen LogP contribution in [0, 0.1) is 19.8 Å². The zero-order valence-corrected chi connectivity index (χ0v) is 18.0. The van der Waals surface area contributed by atoms with Crippen LogP contribution in [-0.2, 0) is 19.6 Å². The largest absolute Gasteiger partial charge is 0.346 e. The molecule has 0 unspecified atom stereocenters. The molecule has 3 rings (SSSR count). The van der Waals surface area contributed by atoms with Gasteiger partial charge in [-0.2, -0.15) is 0 Å². The summed E-state index contributed by atoms with van der Waals surface area (Å²) < 4.78 is 2.39. The maximum atomic E-state index is 2.61. The van der Waals surface area contributed by atoms with Gasteiger partial charge in [-0.1, -0.05) is 73.5 Å². The van der Waals surface area contributed by atoms with Gasteiger partial charge in [0, 0.05) is 37.6 Å². The minimum Gasteiger partial charge on any atom is -0.346 e. The van der Waals surface area contributed by atoms with E-state index >= 15 is 0 Å². The Morgan fingerprint density at radius 1 is 0.750 bits per heavy atom. The van der Waals surface area contributed by atoms with Gasteiger partial charge in [-0.15, -0.1) is 0 Å². The Morgan fingerprint density at radius 3 is 1.89 bits per heavy atom. The zero-order valence-electron chi connectivity index (χ0n) is 18.0. The number of nitrogens with zero attached hydrogens (tertiary/aromatic N) is 2. The van der Waals surface area contributed by atoms with Gasteiger partial charge in [-0.3, -0.25) is 4.90 Å². The van der Waals surface area contributed by atoms with Crippen molar-refractivity contribution in [1.82, 2.24) is 9.47 Å². The summed E-state index contributed by atoms with van der Waals surface area (Å²) in [4.78, 5) is 2.61. The van der Waals surface area contributed by atoms with Gasteiger partial charge < -0.3 is 4.57 Å². The van der Waals surface area contributed by atoms with Gasteiger partial charge in [0.15, 0.2) is 0 Å². The van der Waals surface area contributed by atoms with E-state index in [2.05, 4.69) is 111 Å². The first-order chi connectivity index (χ1) is 13.4. The molecule has 28 heavy (non-hydrogen) atoms. The van der Waals surface area contributed by atoms with E-state index in [9.17, 15) is 0 Å². The summed E-state index contributed by atoms with van der Waals surface area (Å²) in [5, 5.41) is 0. The maximum Gasteiger partial charge on any atom is 0.0473 e. The Balaban J connectivity index is 1.78. The number of hydrogen-bond acceptors (Lipinski definition) is 1. The molecule has 0 N–H and O–H groups in total. The number of hydrogen-bond donors (Lipinski definition) is 0. The Bertz CT molecular complexity index is 856. The van der Waals surface area contributed by atoms with Gasteiger partial charge >= 0.3 is 0 Å². The lowest BCUT2D eigenvalue weighted by Gasteiger charge is -2.32. The number of benzene rings is 2. The first kappa shape index (κ1) is 20.4. The van der Waals surface area contributed by atoms with Crippen molar-refractivity contribution in [3.05, 3.63) is 94.8 Å². The quantitative estimate of drug-likeness (QED) is 0.456. The van der Waals surface area contributed by atoms with Gasteiger partial charge in [0.05, 0.1) is 0 Å². The second-order valence-electron chi connectivity index (χ2n) is 8.49. The fourth-order valence-electron chi connectivity index (χ4n) is 3.54. The van der Waals surface area contributed by atoms with Crippen LogP contribution in [0.4, 0.5) is 0 Å². The predicted molar refractivity (Wildman–Crippen MR) is 119 cm³/mol. The molecule has 148 valence electrons. The molecule has 0 aliphatic heterocycles. The monoisotopic (exact) mass is 374 g/mol. The van der Waals surface area contributed by atoms with Crippen LogP contribution in [-0.4, -0.2) is 15.5 Å². The van der Waals surface area contributed by atoms with Crippen molar-refractivity contribution in [1.29, 1.82) is 0 Å². The smallest absolute Gasteiger partial charge is 0.0473 e. The van der Waals surface area contributed by atoms with E-state index in [-0.39, 0.29) is 0 Å². The van der Waals surface area contributed by atoms with Crippen molar-refractivity contribution in [2.45, 2.75) is 60.3 Å². The lowest BCUT2D eigenvalue weighted by molar-refractivity contribution is 0.148. The molecule has 0 radical (unpaired) electrons. The van der Waals surface area contributed by atoms with E-state index in [1.165, 1.54) is 27.9 Å². The third-order valence-corrected chi connectivity index (χ3v) is 5.81. The van der Waals surface area contributed by atoms with Crippen LogP contribution in [0.2, 0.25) is 0 Å². The van der Waals surface area contributed by atoms with Crippen LogP contribution >= 0.6 is 0 Å². The van der Waals surface area contributed by atoms with Crippen molar-refractivity contribution in [3.63, 3.8) is 0 Å². The Morgan fingerprint density at radius 2 is 1.32 bits per heavy atom. The molecule has 0 spiro atoms. The van der Waals surface area contributed by atoms with Crippen LogP contribution in [0.1, 0.15) is 48.7 Å². The molecule has 0 bridgehead atoms. The van der Waals surface area contributed by atoms with Gasteiger partial charge in [0.2, 0.25) is 0 Å². The van der Waals surface area contributed by atoms with E-state index in [1.807, 2.05) is 0 Å². The molecule has 1 heterocycles. The molecule has 3 aromatic rings. The lowest BCUT2D eigenvalue weighted by atomic mass is 10.0. The van der Waals surface area contributed by atoms with Gasteiger partial charge in [0.1, 0.15) is 0 Å². The topological polar surface area (TPSA) is 8.17 Å². The van der Waals surface area contributed by atoms with Crippen molar-refractivity contribution >= 4 is 0 Å².